The lowest BCUT2D eigenvalue weighted by Gasteiger charge is -2.20. The number of hydrogen-bond acceptors (Lipinski definition) is 8. The predicted octanol–water partition coefficient (Wildman–Crippen LogP) is 7.85. The number of nitrogens with zero attached hydrogens (tertiary/aromatic N) is 5. The maximum Gasteiger partial charge on any atom is 0.287 e. The lowest BCUT2D eigenvalue weighted by molar-refractivity contribution is 0.241. The Morgan fingerprint density at radius 1 is 0.814 bits per heavy atom. The first-order valence-electron chi connectivity index (χ1n) is 13.9. The average molecular weight is 604 g/mol. The van der Waals surface area contributed by atoms with E-state index < -0.39 is 0 Å². The van der Waals surface area contributed by atoms with Gasteiger partial charge in [-0.05, 0) is 67.2 Å². The SMILES string of the molecule is C=C(Oc1ccc(/C(C)=N/N=C(/SC(=O)N(C)C)C(C)C)c(OC(=C)N(C)C)c1)N(C)C.Cc1cccc2ccccc12. The predicted molar refractivity (Wildman–Crippen MR) is 183 cm³/mol. The van der Waals surface area contributed by atoms with E-state index in [0.29, 0.717) is 34.0 Å². The van der Waals surface area contributed by atoms with Crippen molar-refractivity contribution < 1.29 is 14.3 Å². The van der Waals surface area contributed by atoms with E-state index in [1.54, 1.807) is 30.0 Å². The third kappa shape index (κ3) is 10.8. The molecule has 0 fully saturated rings. The molecule has 0 heterocycles. The zero-order valence-electron chi connectivity index (χ0n) is 27.1. The Morgan fingerprint density at radius 2 is 1.42 bits per heavy atom. The first-order valence-corrected chi connectivity index (χ1v) is 14.7. The van der Waals surface area contributed by atoms with Crippen LogP contribution in [0.2, 0.25) is 0 Å². The standard InChI is InChI=1S/C23H35N5O3S.C11H10/c1-15(2)22(32-23(29)28(10)11)25-24-16(3)20-13-12-19(30-17(4)26(6)7)14-21(20)31-18(5)27(8)9;1-9-5-4-7-10-6-2-3-8-11(9)10/h12-15H,4-5H2,1-3,6-11H3;2-8H,1H3/b24-16+,25-22+;. The van der Waals surface area contributed by atoms with Crippen LogP contribution >= 0.6 is 11.8 Å². The largest absolute Gasteiger partial charge is 0.442 e. The van der Waals surface area contributed by atoms with Crippen LogP contribution in [0.25, 0.3) is 10.8 Å². The number of thioether (sulfide) groups is 1. The van der Waals surface area contributed by atoms with Gasteiger partial charge in [0, 0.05) is 59.8 Å². The topological polar surface area (TPSA) is 70.0 Å². The Morgan fingerprint density at radius 3 is 2.00 bits per heavy atom. The molecule has 43 heavy (non-hydrogen) atoms. The number of fused-ring (bicyclic) bond motifs is 1. The van der Waals surface area contributed by atoms with Crippen LogP contribution in [0.5, 0.6) is 11.5 Å². The second-order valence-electron chi connectivity index (χ2n) is 10.8. The van der Waals surface area contributed by atoms with Crippen LogP contribution in [0.1, 0.15) is 31.9 Å². The van der Waals surface area contributed by atoms with Gasteiger partial charge in [0.05, 0.1) is 5.71 Å². The third-order valence-electron chi connectivity index (χ3n) is 6.16. The van der Waals surface area contributed by atoms with Crippen molar-refractivity contribution in [3.63, 3.8) is 0 Å². The van der Waals surface area contributed by atoms with Crippen LogP contribution in [0.4, 0.5) is 4.79 Å². The van der Waals surface area contributed by atoms with Crippen LogP contribution in [-0.2, 0) is 0 Å². The molecule has 0 aliphatic heterocycles. The maximum absolute atomic E-state index is 12.1. The van der Waals surface area contributed by atoms with Crippen molar-refractivity contribution in [3.8, 4) is 11.5 Å². The molecule has 230 valence electrons. The Labute approximate surface area is 261 Å². The van der Waals surface area contributed by atoms with Crippen LogP contribution in [0, 0.1) is 12.8 Å². The molecule has 0 unspecified atom stereocenters. The van der Waals surface area contributed by atoms with Gasteiger partial charge in [-0.3, -0.25) is 4.79 Å². The molecule has 0 bridgehead atoms. The molecule has 9 heteroatoms. The lowest BCUT2D eigenvalue weighted by atomic mass is 10.1. The number of hydrogen-bond donors (Lipinski definition) is 0. The van der Waals surface area contributed by atoms with E-state index in [9.17, 15) is 4.79 Å². The maximum atomic E-state index is 12.1. The summed E-state index contributed by atoms with van der Waals surface area (Å²) in [6.07, 6.45) is 0. The van der Waals surface area contributed by atoms with Crippen molar-refractivity contribution in [3.05, 3.63) is 96.7 Å². The fourth-order valence-corrected chi connectivity index (χ4v) is 4.07. The lowest BCUT2D eigenvalue weighted by Crippen LogP contribution is -2.19. The minimum Gasteiger partial charge on any atom is -0.442 e. The monoisotopic (exact) mass is 603 g/mol. The molecular weight excluding hydrogens is 558 g/mol. The molecule has 0 aliphatic carbocycles. The molecular formula is C34H45N5O3S. The minimum atomic E-state index is -0.0979. The summed E-state index contributed by atoms with van der Waals surface area (Å²) in [5.74, 6) is 2.10. The number of amides is 1. The molecule has 3 aromatic carbocycles. The molecule has 0 radical (unpaired) electrons. The molecule has 0 aromatic heterocycles. The van der Waals surface area contributed by atoms with E-state index in [0.717, 1.165) is 17.3 Å². The van der Waals surface area contributed by atoms with Gasteiger partial charge in [0.1, 0.15) is 16.5 Å². The minimum absolute atomic E-state index is 0.0533. The number of benzene rings is 3. The van der Waals surface area contributed by atoms with Crippen LogP contribution in [-0.4, -0.2) is 73.0 Å². The normalized spacial score (nSPS) is 11.4. The number of carbonyl (C=O) groups is 1. The van der Waals surface area contributed by atoms with Gasteiger partial charge in [-0.2, -0.15) is 5.10 Å². The molecule has 8 nitrogen and oxygen atoms in total. The molecule has 0 saturated carbocycles. The Kier molecular flexibility index (Phi) is 13.3. The van der Waals surface area contributed by atoms with Crippen LogP contribution in [0.3, 0.4) is 0 Å². The van der Waals surface area contributed by atoms with E-state index in [-0.39, 0.29) is 11.2 Å². The fraction of sp³-hybridized carbons (Fsp3) is 0.324. The van der Waals surface area contributed by atoms with Crippen LogP contribution < -0.4 is 9.47 Å². The van der Waals surface area contributed by atoms with Crippen molar-refractivity contribution in [2.75, 3.05) is 42.3 Å². The Balaban J connectivity index is 0.000000482. The number of rotatable bonds is 9. The van der Waals surface area contributed by atoms with Gasteiger partial charge in [0.25, 0.3) is 5.24 Å². The highest BCUT2D eigenvalue weighted by Crippen LogP contribution is 2.29. The van der Waals surface area contributed by atoms with Crippen molar-refractivity contribution in [1.82, 2.24) is 14.7 Å². The van der Waals surface area contributed by atoms with E-state index in [1.165, 1.54) is 21.2 Å². The van der Waals surface area contributed by atoms with Crippen LogP contribution in [0.15, 0.2) is 95.8 Å². The average Bonchev–Trinajstić information content (AvgIpc) is 2.95. The summed E-state index contributed by atoms with van der Waals surface area (Å²) in [5, 5.41) is 11.9. The van der Waals surface area contributed by atoms with Gasteiger partial charge in [-0.25, -0.2) is 0 Å². The van der Waals surface area contributed by atoms with Gasteiger partial charge in [0.2, 0.25) is 0 Å². The number of carbonyl (C=O) groups excluding carboxylic acids is 1. The molecule has 3 aromatic rings. The summed E-state index contributed by atoms with van der Waals surface area (Å²) < 4.78 is 11.8. The summed E-state index contributed by atoms with van der Waals surface area (Å²) in [4.78, 5) is 17.1. The molecule has 0 aliphatic rings. The molecule has 1 amide bonds. The third-order valence-corrected chi connectivity index (χ3v) is 7.46. The quantitative estimate of drug-likeness (QED) is 0.107. The van der Waals surface area contributed by atoms with E-state index in [1.807, 2.05) is 61.1 Å². The Bertz CT molecular complexity index is 1490. The molecule has 0 N–H and O–H groups in total. The van der Waals surface area contributed by atoms with Crippen molar-refractivity contribution in [2.45, 2.75) is 27.7 Å². The van der Waals surface area contributed by atoms with Gasteiger partial charge in [-0.1, -0.05) is 56.3 Å². The highest BCUT2D eigenvalue weighted by Gasteiger charge is 2.16. The van der Waals surface area contributed by atoms with E-state index in [4.69, 9.17) is 9.47 Å². The van der Waals surface area contributed by atoms with Crippen molar-refractivity contribution in [2.24, 2.45) is 16.1 Å². The van der Waals surface area contributed by atoms with Gasteiger partial charge < -0.3 is 24.2 Å². The zero-order chi connectivity index (χ0) is 32.3. The second-order valence-corrected chi connectivity index (χ2v) is 11.7. The molecule has 0 spiro atoms. The summed E-state index contributed by atoms with van der Waals surface area (Å²) in [6, 6.07) is 20.2. The number of ether oxygens (including phenoxy) is 2. The second kappa shape index (κ2) is 16.4. The fourth-order valence-electron chi connectivity index (χ4n) is 3.40. The summed E-state index contributed by atoms with van der Waals surface area (Å²) in [7, 11) is 10.8. The molecule has 3 rings (SSSR count). The van der Waals surface area contributed by atoms with E-state index >= 15 is 0 Å². The highest BCUT2D eigenvalue weighted by molar-refractivity contribution is 8.26. The zero-order valence-corrected chi connectivity index (χ0v) is 28.0. The van der Waals surface area contributed by atoms with Gasteiger partial charge in [0.15, 0.2) is 11.8 Å². The summed E-state index contributed by atoms with van der Waals surface area (Å²) in [5.41, 5.74) is 2.70. The number of aryl methyl sites for hydroxylation is 1. The van der Waals surface area contributed by atoms with E-state index in [2.05, 4.69) is 72.7 Å². The van der Waals surface area contributed by atoms with Gasteiger partial charge in [-0.15, -0.1) is 5.10 Å². The van der Waals surface area contributed by atoms with Crippen molar-refractivity contribution >= 4 is 38.5 Å². The summed E-state index contributed by atoms with van der Waals surface area (Å²) in [6.45, 7) is 15.7. The molecule has 0 atom stereocenters. The Hall–Kier alpha value is -4.24. The first kappa shape index (κ1) is 35.0. The summed E-state index contributed by atoms with van der Waals surface area (Å²) >= 11 is 1.07. The van der Waals surface area contributed by atoms with Crippen molar-refractivity contribution in [1.29, 1.82) is 0 Å². The highest BCUT2D eigenvalue weighted by atomic mass is 32.2. The van der Waals surface area contributed by atoms with Gasteiger partial charge >= 0.3 is 0 Å². The first-order chi connectivity index (χ1) is 20.2. The molecule has 0 saturated heterocycles. The smallest absolute Gasteiger partial charge is 0.287 e.